The molecule has 4 rings (SSSR count). The number of rotatable bonds is 7. The molecule has 0 atom stereocenters. The number of carbonyl (C=O) groups excluding carboxylic acids is 1. The van der Waals surface area contributed by atoms with Crippen molar-refractivity contribution < 1.29 is 23.1 Å². The van der Waals surface area contributed by atoms with Crippen LogP contribution in [0.15, 0.2) is 76.6 Å². The molecule has 2 aromatic heterocycles. The van der Waals surface area contributed by atoms with Crippen LogP contribution < -0.4 is 11.0 Å². The highest BCUT2D eigenvalue weighted by atomic mass is 35.5. The molecular formula is C25H20ClF3N4O3S. The molecule has 0 saturated heterocycles. The van der Waals surface area contributed by atoms with Crippen molar-refractivity contribution in [3.05, 3.63) is 105 Å². The van der Waals surface area contributed by atoms with Crippen LogP contribution in [0.2, 0.25) is 5.02 Å². The van der Waals surface area contributed by atoms with Crippen LogP contribution in [0, 0.1) is 6.92 Å². The number of halogens is 4. The third kappa shape index (κ3) is 6.36. The van der Waals surface area contributed by atoms with Crippen molar-refractivity contribution in [2.24, 2.45) is 0 Å². The Hall–Kier alpha value is -3.70. The van der Waals surface area contributed by atoms with Gasteiger partial charge < -0.3 is 10.4 Å². The van der Waals surface area contributed by atoms with E-state index < -0.39 is 17.1 Å². The van der Waals surface area contributed by atoms with Gasteiger partial charge in [0.1, 0.15) is 5.69 Å². The van der Waals surface area contributed by atoms with E-state index in [0.717, 1.165) is 10.1 Å². The first-order chi connectivity index (χ1) is 17.5. The summed E-state index contributed by atoms with van der Waals surface area (Å²) in [7, 11) is 0. The molecule has 0 spiro atoms. The number of benzene rings is 2. The minimum Gasteiger partial charge on any atom is -0.493 e. The highest BCUT2D eigenvalue weighted by molar-refractivity contribution is 8.00. The first-order valence-electron chi connectivity index (χ1n) is 10.9. The zero-order chi connectivity index (χ0) is 26.7. The third-order valence-corrected chi connectivity index (χ3v) is 6.45. The van der Waals surface area contributed by atoms with Gasteiger partial charge >= 0.3 is 11.2 Å². The molecule has 0 aliphatic rings. The van der Waals surface area contributed by atoms with Crippen molar-refractivity contribution in [2.45, 2.75) is 30.4 Å². The molecule has 0 aliphatic heterocycles. The van der Waals surface area contributed by atoms with Crippen LogP contribution in [-0.4, -0.2) is 30.6 Å². The molecule has 0 unspecified atom stereocenters. The number of nitrogens with zero attached hydrogens (tertiary/aromatic N) is 3. The monoisotopic (exact) mass is 548 g/mol. The Morgan fingerprint density at radius 2 is 1.76 bits per heavy atom. The fraction of sp³-hybridized carbons (Fsp3) is 0.160. The molecule has 37 heavy (non-hydrogen) atoms. The molecule has 7 nitrogen and oxygen atoms in total. The number of carbonyl (C=O) groups is 1. The molecule has 0 fully saturated rings. The first kappa shape index (κ1) is 26.4. The van der Waals surface area contributed by atoms with Crippen LogP contribution in [0.3, 0.4) is 0 Å². The molecule has 0 saturated carbocycles. The van der Waals surface area contributed by atoms with Crippen LogP contribution in [-0.2, 0) is 13.1 Å². The quantitative estimate of drug-likeness (QED) is 0.306. The summed E-state index contributed by atoms with van der Waals surface area (Å²) in [6.45, 7) is 1.85. The van der Waals surface area contributed by atoms with Crippen LogP contribution in [0.1, 0.15) is 27.3 Å². The third-order valence-electron chi connectivity index (χ3n) is 5.45. The van der Waals surface area contributed by atoms with E-state index >= 15 is 0 Å². The van der Waals surface area contributed by atoms with Crippen LogP contribution in [0.25, 0.3) is 5.69 Å². The summed E-state index contributed by atoms with van der Waals surface area (Å²) in [5, 5.41) is 14.0. The van der Waals surface area contributed by atoms with E-state index in [-0.39, 0.29) is 52.7 Å². The molecule has 4 aromatic rings. The summed E-state index contributed by atoms with van der Waals surface area (Å²) in [5.41, 5.74) is -2.95. The van der Waals surface area contributed by atoms with Gasteiger partial charge in [0.2, 0.25) is 5.88 Å². The van der Waals surface area contributed by atoms with Gasteiger partial charge in [-0.2, -0.15) is 13.2 Å². The highest BCUT2D eigenvalue weighted by Crippen LogP contribution is 2.37. The van der Waals surface area contributed by atoms with Gasteiger partial charge in [-0.3, -0.25) is 14.3 Å². The number of nitrogens with one attached hydrogen (secondary N) is 1. The summed E-state index contributed by atoms with van der Waals surface area (Å²) < 4.78 is 40.1. The summed E-state index contributed by atoms with van der Waals surface area (Å²) in [6, 6.07) is 15.3. The fourth-order valence-electron chi connectivity index (χ4n) is 3.61. The Morgan fingerprint density at radius 1 is 1.08 bits per heavy atom. The van der Waals surface area contributed by atoms with Gasteiger partial charge in [-0.25, -0.2) is 9.36 Å². The van der Waals surface area contributed by atoms with E-state index in [0.29, 0.717) is 10.6 Å². The van der Waals surface area contributed by atoms with Crippen LogP contribution in [0.4, 0.5) is 13.2 Å². The Morgan fingerprint density at radius 3 is 2.41 bits per heavy atom. The summed E-state index contributed by atoms with van der Waals surface area (Å²) in [5.74, 6) is -0.741. The average molecular weight is 549 g/mol. The Bertz CT molecular complexity index is 1480. The summed E-state index contributed by atoms with van der Waals surface area (Å²) in [4.78, 5) is 29.8. The van der Waals surface area contributed by atoms with Gasteiger partial charge in [-0.1, -0.05) is 23.7 Å². The van der Waals surface area contributed by atoms with Crippen molar-refractivity contribution in [3.63, 3.8) is 0 Å². The second kappa shape index (κ2) is 10.7. The van der Waals surface area contributed by atoms with Gasteiger partial charge in [0.15, 0.2) is 0 Å². The number of aromatic nitrogens is 3. The molecule has 1 amide bonds. The van der Waals surface area contributed by atoms with E-state index in [4.69, 9.17) is 11.6 Å². The number of hydrogen-bond acceptors (Lipinski definition) is 5. The normalized spacial score (nSPS) is 11.5. The minimum atomic E-state index is -4.43. The fourth-order valence-corrected chi connectivity index (χ4v) is 4.27. The number of thioether (sulfide) groups is 1. The molecule has 12 heteroatoms. The van der Waals surface area contributed by atoms with Crippen molar-refractivity contribution in [3.8, 4) is 11.6 Å². The average Bonchev–Trinajstić information content (AvgIpc) is 3.06. The number of aromatic hydroxyl groups is 1. The van der Waals surface area contributed by atoms with E-state index in [1.54, 1.807) is 43.3 Å². The maximum Gasteiger partial charge on any atom is 0.446 e. The van der Waals surface area contributed by atoms with Gasteiger partial charge in [0, 0.05) is 22.7 Å². The van der Waals surface area contributed by atoms with Gasteiger partial charge in [0.05, 0.1) is 17.9 Å². The second-order valence-corrected chi connectivity index (χ2v) is 9.59. The Kier molecular flexibility index (Phi) is 7.65. The SMILES string of the molecule is Cc1c(O)n(-c2ccc(SC(F)(F)F)cc2)c(=O)n1Cc1ccnc(C(=O)NCc2ccc(Cl)cc2)c1. The zero-order valence-corrected chi connectivity index (χ0v) is 20.9. The molecule has 2 aromatic carbocycles. The Balaban J connectivity index is 1.52. The lowest BCUT2D eigenvalue weighted by Gasteiger charge is -2.08. The highest BCUT2D eigenvalue weighted by Gasteiger charge is 2.29. The van der Waals surface area contributed by atoms with Crippen molar-refractivity contribution >= 4 is 29.3 Å². The largest absolute Gasteiger partial charge is 0.493 e. The van der Waals surface area contributed by atoms with Crippen molar-refractivity contribution in [1.29, 1.82) is 0 Å². The van der Waals surface area contributed by atoms with Crippen LogP contribution >= 0.6 is 23.4 Å². The van der Waals surface area contributed by atoms with Gasteiger partial charge in [-0.15, -0.1) is 0 Å². The molecule has 0 aliphatic carbocycles. The lowest BCUT2D eigenvalue weighted by molar-refractivity contribution is -0.0328. The molecule has 192 valence electrons. The minimum absolute atomic E-state index is 0.0349. The van der Waals surface area contributed by atoms with Gasteiger partial charge in [-0.05, 0) is 78.3 Å². The maximum absolute atomic E-state index is 13.1. The predicted octanol–water partition coefficient (Wildman–Crippen LogP) is 5.29. The van der Waals surface area contributed by atoms with E-state index in [2.05, 4.69) is 10.3 Å². The Labute approximate surface area is 218 Å². The van der Waals surface area contributed by atoms with E-state index in [1.807, 2.05) is 0 Å². The topological polar surface area (TPSA) is 89.2 Å². The van der Waals surface area contributed by atoms with Crippen molar-refractivity contribution in [1.82, 2.24) is 19.4 Å². The van der Waals surface area contributed by atoms with Crippen LogP contribution in [0.5, 0.6) is 5.88 Å². The number of imidazole rings is 1. The van der Waals surface area contributed by atoms with Crippen molar-refractivity contribution in [2.75, 3.05) is 0 Å². The maximum atomic E-state index is 13.1. The summed E-state index contributed by atoms with van der Waals surface area (Å²) in [6.07, 6.45) is 1.45. The molecule has 0 bridgehead atoms. The van der Waals surface area contributed by atoms with E-state index in [9.17, 15) is 27.9 Å². The van der Waals surface area contributed by atoms with Gasteiger partial charge in [0.25, 0.3) is 5.91 Å². The standard InChI is InChI=1S/C25H20ClF3N4O3S/c1-15-23(35)33(19-6-8-20(9-7-19)37-25(27,28)29)24(36)32(15)14-17-10-11-30-21(12-17)22(34)31-13-16-2-4-18(26)5-3-16/h2-12,35H,13-14H2,1H3,(H,31,34). The predicted molar refractivity (Wildman–Crippen MR) is 134 cm³/mol. The number of alkyl halides is 3. The molecule has 2 heterocycles. The smallest absolute Gasteiger partial charge is 0.446 e. The second-order valence-electron chi connectivity index (χ2n) is 8.01. The molecule has 2 N–H and O–H groups in total. The number of amides is 1. The molecule has 0 radical (unpaired) electrons. The number of pyridine rings is 1. The molecular weight excluding hydrogens is 529 g/mol. The lowest BCUT2D eigenvalue weighted by Crippen LogP contribution is -2.25. The summed E-state index contributed by atoms with van der Waals surface area (Å²) >= 11 is 5.60. The number of hydrogen-bond donors (Lipinski definition) is 2. The lowest BCUT2D eigenvalue weighted by atomic mass is 10.2. The van der Waals surface area contributed by atoms with E-state index in [1.165, 1.54) is 35.0 Å². The first-order valence-corrected chi connectivity index (χ1v) is 12.1. The zero-order valence-electron chi connectivity index (χ0n) is 19.3.